The van der Waals surface area contributed by atoms with Crippen molar-refractivity contribution in [1.82, 2.24) is 4.98 Å². The van der Waals surface area contributed by atoms with Gasteiger partial charge in [0.2, 0.25) is 0 Å². The minimum Gasteiger partial charge on any atom is -0.478 e. The van der Waals surface area contributed by atoms with Gasteiger partial charge in [0.05, 0.1) is 28.0 Å². The molecule has 0 unspecified atom stereocenters. The zero-order chi connectivity index (χ0) is 15.6. The molecule has 0 saturated carbocycles. The van der Waals surface area contributed by atoms with Gasteiger partial charge < -0.3 is 10.4 Å². The van der Waals surface area contributed by atoms with E-state index in [9.17, 15) is 9.59 Å². The summed E-state index contributed by atoms with van der Waals surface area (Å²) in [6.07, 6.45) is 2.54. The fraction of sp³-hybridized carbons (Fsp3) is 0. The summed E-state index contributed by atoms with van der Waals surface area (Å²) in [6.45, 7) is 0. The van der Waals surface area contributed by atoms with Crippen molar-refractivity contribution in [2.45, 2.75) is 0 Å². The van der Waals surface area contributed by atoms with Crippen molar-refractivity contribution in [2.75, 3.05) is 5.32 Å². The molecule has 0 radical (unpaired) electrons. The summed E-state index contributed by atoms with van der Waals surface area (Å²) in [7, 11) is 0. The summed E-state index contributed by atoms with van der Waals surface area (Å²) in [4.78, 5) is 26.8. The maximum atomic E-state index is 12.2. The first-order chi connectivity index (χ1) is 9.88. The predicted molar refractivity (Wildman–Crippen MR) is 88.3 cm³/mol. The average Bonchev–Trinajstić information content (AvgIpc) is 2.43. The highest BCUT2D eigenvalue weighted by Crippen LogP contribution is 2.27. The Morgan fingerprint density at radius 2 is 1.90 bits per heavy atom. The van der Waals surface area contributed by atoms with E-state index in [4.69, 9.17) is 28.3 Å². The molecule has 1 heterocycles. The van der Waals surface area contributed by atoms with Crippen molar-refractivity contribution >= 4 is 63.4 Å². The number of pyridine rings is 1. The summed E-state index contributed by atoms with van der Waals surface area (Å²) in [5.41, 5.74) is 0.548. The van der Waals surface area contributed by atoms with Gasteiger partial charge in [-0.2, -0.15) is 0 Å². The Balaban J connectivity index is 2.30. The Morgan fingerprint density at radius 3 is 2.57 bits per heavy atom. The lowest BCUT2D eigenvalue weighted by Crippen LogP contribution is -2.14. The molecule has 0 bridgehead atoms. The Hall–Kier alpha value is -1.38. The Kier molecular flexibility index (Phi) is 5.02. The smallest absolute Gasteiger partial charge is 0.337 e. The van der Waals surface area contributed by atoms with E-state index in [-0.39, 0.29) is 11.3 Å². The maximum absolute atomic E-state index is 12.2. The zero-order valence-corrected chi connectivity index (χ0v) is 13.9. The molecule has 2 rings (SSSR count). The molecular weight excluding hydrogens is 430 g/mol. The van der Waals surface area contributed by atoms with Gasteiger partial charge in [0.25, 0.3) is 5.91 Å². The average molecular weight is 437 g/mol. The van der Waals surface area contributed by atoms with Crippen LogP contribution in [0.2, 0.25) is 10.0 Å². The number of aromatic carboxylic acids is 1. The largest absolute Gasteiger partial charge is 0.478 e. The van der Waals surface area contributed by atoms with E-state index < -0.39 is 11.9 Å². The monoisotopic (exact) mass is 436 g/mol. The lowest BCUT2D eigenvalue weighted by Gasteiger charge is -2.09. The number of nitrogens with zero attached hydrogens (tertiary/aromatic N) is 1. The van der Waals surface area contributed by atoms with E-state index in [0.717, 1.165) is 0 Å². The summed E-state index contributed by atoms with van der Waals surface area (Å²) in [5.74, 6) is -1.58. The number of carbonyl (C=O) groups excluding carboxylic acids is 1. The number of hydrogen-bond donors (Lipinski definition) is 2. The number of anilines is 1. The third-order valence-electron chi connectivity index (χ3n) is 2.48. The fourth-order valence-corrected chi connectivity index (χ4v) is 2.59. The van der Waals surface area contributed by atoms with Crippen molar-refractivity contribution in [2.24, 2.45) is 0 Å². The van der Waals surface area contributed by atoms with Crippen LogP contribution in [0.5, 0.6) is 0 Å². The molecule has 2 N–H and O–H groups in total. The molecule has 2 aromatic rings. The van der Waals surface area contributed by atoms with E-state index >= 15 is 0 Å². The van der Waals surface area contributed by atoms with Crippen molar-refractivity contribution in [1.29, 1.82) is 0 Å². The van der Waals surface area contributed by atoms with Crippen molar-refractivity contribution in [3.63, 3.8) is 0 Å². The molecule has 0 atom stereocenters. The van der Waals surface area contributed by atoms with Gasteiger partial charge in [0, 0.05) is 14.8 Å². The number of benzene rings is 1. The Bertz CT molecular complexity index is 737. The van der Waals surface area contributed by atoms with E-state index in [1.54, 1.807) is 0 Å². The second-order valence-corrected chi connectivity index (χ2v) is 5.89. The van der Waals surface area contributed by atoms with E-state index in [2.05, 4.69) is 10.3 Å². The summed E-state index contributed by atoms with van der Waals surface area (Å²) in [6, 6.07) is 4.33. The maximum Gasteiger partial charge on any atom is 0.337 e. The second kappa shape index (κ2) is 6.59. The van der Waals surface area contributed by atoms with Gasteiger partial charge in [-0.3, -0.25) is 9.78 Å². The van der Waals surface area contributed by atoms with Crippen molar-refractivity contribution in [3.8, 4) is 0 Å². The van der Waals surface area contributed by atoms with E-state index in [1.165, 1.54) is 30.6 Å². The highest BCUT2D eigenvalue weighted by Gasteiger charge is 2.15. The minimum atomic E-state index is -1.13. The molecule has 5 nitrogen and oxygen atoms in total. The third kappa shape index (κ3) is 3.84. The molecule has 0 aliphatic heterocycles. The minimum absolute atomic E-state index is 0.0216. The first kappa shape index (κ1) is 16.0. The Labute approximate surface area is 143 Å². The van der Waals surface area contributed by atoms with Crippen LogP contribution in [0.1, 0.15) is 20.7 Å². The normalized spacial score (nSPS) is 10.2. The lowest BCUT2D eigenvalue weighted by atomic mass is 10.2. The van der Waals surface area contributed by atoms with Gasteiger partial charge in [0.1, 0.15) is 0 Å². The number of hydrogen-bond acceptors (Lipinski definition) is 3. The number of carboxylic acids is 1. The zero-order valence-electron chi connectivity index (χ0n) is 10.2. The van der Waals surface area contributed by atoms with E-state index in [0.29, 0.717) is 19.2 Å². The lowest BCUT2D eigenvalue weighted by molar-refractivity contribution is 0.0696. The number of halogens is 3. The van der Waals surface area contributed by atoms with E-state index in [1.807, 2.05) is 22.6 Å². The van der Waals surface area contributed by atoms with Gasteiger partial charge in [0.15, 0.2) is 0 Å². The Morgan fingerprint density at radius 1 is 1.19 bits per heavy atom. The van der Waals surface area contributed by atoms with Gasteiger partial charge in [-0.1, -0.05) is 23.2 Å². The van der Waals surface area contributed by atoms with Crippen molar-refractivity contribution < 1.29 is 14.7 Å². The molecule has 0 fully saturated rings. The molecule has 1 aromatic heterocycles. The standard InChI is InChI=1S/C13H7Cl2IN2O3/c14-7-2-9(11(16)10(15)3-7)12(19)18-8-1-6(13(20)21)4-17-5-8/h1-5H,(H,18,19)(H,20,21). The topological polar surface area (TPSA) is 79.3 Å². The van der Waals surface area contributed by atoms with Crippen molar-refractivity contribution in [3.05, 3.63) is 55.3 Å². The van der Waals surface area contributed by atoms with Gasteiger partial charge >= 0.3 is 5.97 Å². The van der Waals surface area contributed by atoms with Crippen LogP contribution in [-0.4, -0.2) is 22.0 Å². The molecule has 0 aliphatic carbocycles. The van der Waals surface area contributed by atoms with Gasteiger partial charge in [-0.25, -0.2) is 4.79 Å². The molecule has 0 saturated heterocycles. The summed E-state index contributed by atoms with van der Waals surface area (Å²) in [5, 5.41) is 12.2. The van der Waals surface area contributed by atoms with Crippen LogP contribution in [0.25, 0.3) is 0 Å². The predicted octanol–water partition coefficient (Wildman–Crippen LogP) is 3.94. The molecular formula is C13H7Cl2IN2O3. The van der Waals surface area contributed by atoms with Crippen LogP contribution in [0.3, 0.4) is 0 Å². The number of amides is 1. The molecule has 8 heteroatoms. The quantitative estimate of drug-likeness (QED) is 0.564. The number of carboxylic acid groups (broad SMARTS) is 1. The van der Waals surface area contributed by atoms with Gasteiger partial charge in [-0.05, 0) is 40.8 Å². The highest BCUT2D eigenvalue weighted by atomic mass is 127. The summed E-state index contributed by atoms with van der Waals surface area (Å²) < 4.78 is 0.554. The van der Waals surface area contributed by atoms with Gasteiger partial charge in [-0.15, -0.1) is 0 Å². The van der Waals surface area contributed by atoms with Crippen LogP contribution < -0.4 is 5.32 Å². The van der Waals surface area contributed by atoms with Crippen LogP contribution in [0, 0.1) is 3.57 Å². The molecule has 0 aliphatic rings. The first-order valence-corrected chi connectivity index (χ1v) is 7.36. The fourth-order valence-electron chi connectivity index (χ4n) is 1.54. The molecule has 21 heavy (non-hydrogen) atoms. The SMILES string of the molecule is O=C(O)c1cncc(NC(=O)c2cc(Cl)cc(Cl)c2I)c1. The third-order valence-corrected chi connectivity index (χ3v) is 4.48. The van der Waals surface area contributed by atoms with Crippen LogP contribution in [-0.2, 0) is 0 Å². The molecule has 108 valence electrons. The number of nitrogens with one attached hydrogen (secondary N) is 1. The second-order valence-electron chi connectivity index (χ2n) is 3.97. The summed E-state index contributed by atoms with van der Waals surface area (Å²) >= 11 is 13.8. The molecule has 0 spiro atoms. The van der Waals surface area contributed by atoms with Crippen LogP contribution in [0.15, 0.2) is 30.6 Å². The highest BCUT2D eigenvalue weighted by molar-refractivity contribution is 14.1. The van der Waals surface area contributed by atoms with Crippen LogP contribution in [0.4, 0.5) is 5.69 Å². The molecule has 1 aromatic carbocycles. The number of carbonyl (C=O) groups is 2. The molecule has 1 amide bonds. The number of aromatic nitrogens is 1. The first-order valence-electron chi connectivity index (χ1n) is 5.52. The number of rotatable bonds is 3. The van der Waals surface area contributed by atoms with Crippen LogP contribution >= 0.6 is 45.8 Å².